The summed E-state index contributed by atoms with van der Waals surface area (Å²) in [4.78, 5) is 12.5. The minimum Gasteiger partial charge on any atom is -0.272 e. The number of amides is 1. The molecule has 0 aliphatic heterocycles. The van der Waals surface area contributed by atoms with Crippen LogP contribution in [-0.4, -0.2) is 32.1 Å². The van der Waals surface area contributed by atoms with E-state index in [1.165, 1.54) is 21.9 Å². The third-order valence-corrected chi connectivity index (χ3v) is 5.90. The Kier molecular flexibility index (Phi) is 4.24. The summed E-state index contributed by atoms with van der Waals surface area (Å²) in [7, 11) is 1.88. The Bertz CT molecular complexity index is 1320. The average Bonchev–Trinajstić information content (AvgIpc) is 3.44. The Morgan fingerprint density at radius 1 is 1.20 bits per heavy atom. The highest BCUT2D eigenvalue weighted by molar-refractivity contribution is 6.02. The number of aromatic amines is 1. The molecule has 4 aromatic rings. The van der Waals surface area contributed by atoms with Crippen molar-refractivity contribution in [3.63, 3.8) is 0 Å². The van der Waals surface area contributed by atoms with Gasteiger partial charge in [-0.1, -0.05) is 30.3 Å². The maximum absolute atomic E-state index is 12.5. The van der Waals surface area contributed by atoms with Crippen molar-refractivity contribution in [1.82, 2.24) is 25.4 Å². The second-order valence-electron chi connectivity index (χ2n) is 7.69. The minimum absolute atomic E-state index is 0.338. The van der Waals surface area contributed by atoms with E-state index >= 15 is 0 Å². The Morgan fingerprint density at radius 2 is 2.00 bits per heavy atom. The van der Waals surface area contributed by atoms with Gasteiger partial charge >= 0.3 is 0 Å². The molecule has 0 spiro atoms. The van der Waals surface area contributed by atoms with Crippen molar-refractivity contribution in [2.75, 3.05) is 0 Å². The quantitative estimate of drug-likeness (QED) is 0.408. The highest BCUT2D eigenvalue weighted by Gasteiger charge is 2.18. The maximum atomic E-state index is 12.5. The van der Waals surface area contributed by atoms with Crippen molar-refractivity contribution >= 4 is 22.9 Å². The topological polar surface area (TPSA) is 88.0 Å². The number of hydrazone groups is 1. The Balaban J connectivity index is 1.39. The van der Waals surface area contributed by atoms with Crippen molar-refractivity contribution in [2.24, 2.45) is 12.1 Å². The van der Waals surface area contributed by atoms with Gasteiger partial charge in [0.25, 0.3) is 5.91 Å². The fraction of sp³-hybridized carbons (Fsp3) is 0.217. The van der Waals surface area contributed by atoms with Crippen LogP contribution < -0.4 is 5.43 Å². The summed E-state index contributed by atoms with van der Waals surface area (Å²) in [6.07, 6.45) is 3.78. The zero-order valence-corrected chi connectivity index (χ0v) is 17.2. The molecule has 7 heteroatoms. The van der Waals surface area contributed by atoms with Gasteiger partial charge < -0.3 is 0 Å². The predicted molar refractivity (Wildman–Crippen MR) is 117 cm³/mol. The van der Waals surface area contributed by atoms with Gasteiger partial charge in [0, 0.05) is 23.9 Å². The summed E-state index contributed by atoms with van der Waals surface area (Å²) in [6, 6.07) is 12.4. The third-order valence-electron chi connectivity index (χ3n) is 5.90. The number of carbonyl (C=O) groups is 1. The van der Waals surface area contributed by atoms with E-state index in [0.29, 0.717) is 5.69 Å². The highest BCUT2D eigenvalue weighted by Crippen LogP contribution is 2.36. The Morgan fingerprint density at radius 3 is 2.77 bits per heavy atom. The zero-order chi connectivity index (χ0) is 20.8. The van der Waals surface area contributed by atoms with Crippen LogP contribution in [0, 0.1) is 13.8 Å². The Labute approximate surface area is 173 Å². The van der Waals surface area contributed by atoms with Crippen molar-refractivity contribution in [3.8, 4) is 11.3 Å². The van der Waals surface area contributed by atoms with E-state index in [2.05, 4.69) is 56.2 Å². The van der Waals surface area contributed by atoms with E-state index in [9.17, 15) is 4.79 Å². The summed E-state index contributed by atoms with van der Waals surface area (Å²) >= 11 is 0. The summed E-state index contributed by atoms with van der Waals surface area (Å²) in [5.41, 5.74) is 10.2. The van der Waals surface area contributed by atoms with E-state index in [0.717, 1.165) is 41.1 Å². The lowest BCUT2D eigenvalue weighted by Crippen LogP contribution is -2.18. The molecular formula is C23H22N6O. The average molecular weight is 398 g/mol. The molecule has 0 fully saturated rings. The summed E-state index contributed by atoms with van der Waals surface area (Å²) < 4.78 is 1.79. The normalized spacial score (nSPS) is 12.9. The lowest BCUT2D eigenvalue weighted by atomic mass is 9.98. The van der Waals surface area contributed by atoms with Gasteiger partial charge in [-0.2, -0.15) is 15.3 Å². The maximum Gasteiger partial charge on any atom is 0.289 e. The number of aromatic nitrogens is 4. The van der Waals surface area contributed by atoms with Gasteiger partial charge in [0.05, 0.1) is 17.6 Å². The number of hydrogen-bond donors (Lipinski definition) is 2. The van der Waals surface area contributed by atoms with Crippen LogP contribution in [0.5, 0.6) is 0 Å². The van der Waals surface area contributed by atoms with Crippen molar-refractivity contribution in [1.29, 1.82) is 0 Å². The largest absolute Gasteiger partial charge is 0.289 e. The predicted octanol–water partition coefficient (Wildman–Crippen LogP) is 3.44. The van der Waals surface area contributed by atoms with Crippen LogP contribution in [0.25, 0.3) is 22.0 Å². The number of rotatable bonds is 4. The lowest BCUT2D eigenvalue weighted by Gasteiger charge is -2.06. The smallest absolute Gasteiger partial charge is 0.272 e. The van der Waals surface area contributed by atoms with Crippen LogP contribution in [0.2, 0.25) is 0 Å². The summed E-state index contributed by atoms with van der Waals surface area (Å²) in [6.45, 7) is 3.87. The standard InChI is InChI=1S/C23H22N6O/c1-13-19(14(2)29(3)28-13)12-24-27-23(30)21-11-20(25-26-21)17-10-9-16-8-7-15-5-4-6-18(17)22(15)16/h4-6,9-12H,7-8H2,1-3H3,(H,25,26)(H,27,30)/b24-12+. The number of aryl methyl sites for hydroxylation is 4. The van der Waals surface area contributed by atoms with E-state index in [4.69, 9.17) is 0 Å². The first-order valence-corrected chi connectivity index (χ1v) is 9.96. The molecule has 0 saturated heterocycles. The van der Waals surface area contributed by atoms with E-state index in [1.54, 1.807) is 17.0 Å². The van der Waals surface area contributed by atoms with Gasteiger partial charge in [-0.25, -0.2) is 5.43 Å². The van der Waals surface area contributed by atoms with Gasteiger partial charge in [-0.15, -0.1) is 0 Å². The lowest BCUT2D eigenvalue weighted by molar-refractivity contribution is 0.0950. The molecule has 0 atom stereocenters. The monoisotopic (exact) mass is 398 g/mol. The molecule has 7 nitrogen and oxygen atoms in total. The first-order valence-electron chi connectivity index (χ1n) is 9.96. The van der Waals surface area contributed by atoms with Crippen LogP contribution in [-0.2, 0) is 19.9 Å². The fourth-order valence-electron chi connectivity index (χ4n) is 4.24. The van der Waals surface area contributed by atoms with Crippen LogP contribution in [0.1, 0.15) is 38.6 Å². The number of nitrogens with one attached hydrogen (secondary N) is 2. The first kappa shape index (κ1) is 18.3. The van der Waals surface area contributed by atoms with Gasteiger partial charge in [-0.3, -0.25) is 14.6 Å². The van der Waals surface area contributed by atoms with Crippen LogP contribution in [0.4, 0.5) is 0 Å². The molecule has 0 unspecified atom stereocenters. The van der Waals surface area contributed by atoms with Crippen LogP contribution in [0.15, 0.2) is 41.5 Å². The molecule has 2 aromatic carbocycles. The second kappa shape index (κ2) is 6.95. The highest BCUT2D eigenvalue weighted by atomic mass is 16.2. The van der Waals surface area contributed by atoms with Gasteiger partial charge in [0.1, 0.15) is 5.69 Å². The van der Waals surface area contributed by atoms with Gasteiger partial charge in [-0.05, 0) is 54.7 Å². The molecule has 0 radical (unpaired) electrons. The molecule has 1 amide bonds. The molecular weight excluding hydrogens is 376 g/mol. The number of benzene rings is 2. The molecule has 0 bridgehead atoms. The van der Waals surface area contributed by atoms with E-state index in [1.807, 2.05) is 20.9 Å². The first-order chi connectivity index (χ1) is 14.5. The zero-order valence-electron chi connectivity index (χ0n) is 17.2. The molecule has 2 heterocycles. The van der Waals surface area contributed by atoms with Gasteiger partial charge in [0.15, 0.2) is 0 Å². The van der Waals surface area contributed by atoms with E-state index < -0.39 is 0 Å². The SMILES string of the molecule is Cc1nn(C)c(C)c1/C=N/NC(=O)c1cc(-c2ccc3c4c(cccc24)CC3)n[nH]1. The number of hydrogen-bond acceptors (Lipinski definition) is 4. The summed E-state index contributed by atoms with van der Waals surface area (Å²) in [5.74, 6) is -0.338. The van der Waals surface area contributed by atoms with E-state index in [-0.39, 0.29) is 5.91 Å². The van der Waals surface area contributed by atoms with Crippen molar-refractivity contribution < 1.29 is 4.79 Å². The molecule has 1 aliphatic carbocycles. The summed E-state index contributed by atoms with van der Waals surface area (Å²) in [5, 5.41) is 18.2. The molecule has 30 heavy (non-hydrogen) atoms. The van der Waals surface area contributed by atoms with Crippen molar-refractivity contribution in [3.05, 3.63) is 70.2 Å². The van der Waals surface area contributed by atoms with Crippen molar-refractivity contribution in [2.45, 2.75) is 26.7 Å². The molecule has 0 saturated carbocycles. The molecule has 1 aliphatic rings. The van der Waals surface area contributed by atoms with Crippen LogP contribution in [0.3, 0.4) is 0 Å². The minimum atomic E-state index is -0.338. The molecule has 150 valence electrons. The number of nitrogens with zero attached hydrogens (tertiary/aromatic N) is 4. The third kappa shape index (κ3) is 2.90. The fourth-order valence-corrected chi connectivity index (χ4v) is 4.24. The Hall–Kier alpha value is -3.74. The molecule has 2 aromatic heterocycles. The number of H-pyrrole nitrogens is 1. The van der Waals surface area contributed by atoms with Gasteiger partial charge in [0.2, 0.25) is 0 Å². The second-order valence-corrected chi connectivity index (χ2v) is 7.69. The number of carbonyl (C=O) groups excluding carboxylic acids is 1. The van der Waals surface area contributed by atoms with Crippen LogP contribution >= 0.6 is 0 Å². The molecule has 5 rings (SSSR count). The molecule has 2 N–H and O–H groups in total.